The van der Waals surface area contributed by atoms with Gasteiger partial charge in [0.1, 0.15) is 5.82 Å². The summed E-state index contributed by atoms with van der Waals surface area (Å²) in [6.07, 6.45) is 15.1. The van der Waals surface area contributed by atoms with Gasteiger partial charge in [-0.2, -0.15) is 0 Å². The Morgan fingerprint density at radius 2 is 2.32 bits per heavy atom. The molecule has 0 N–H and O–H groups in total. The van der Waals surface area contributed by atoms with Crippen LogP contribution in [0.15, 0.2) is 48.4 Å². The first kappa shape index (κ1) is 15.4. The van der Waals surface area contributed by atoms with Crippen LogP contribution in [0.25, 0.3) is 0 Å². The summed E-state index contributed by atoms with van der Waals surface area (Å²) in [7, 11) is 0. The third kappa shape index (κ3) is 4.04. The van der Waals surface area contributed by atoms with E-state index in [1.807, 2.05) is 6.08 Å². The molecule has 2 aliphatic heterocycles. The summed E-state index contributed by atoms with van der Waals surface area (Å²) in [5.74, 6) is 2.24. The maximum Gasteiger partial charge on any atom is 0.102 e. The molecule has 120 valence electrons. The lowest BCUT2D eigenvalue weighted by molar-refractivity contribution is -0.0191. The molecule has 1 saturated carbocycles. The number of allylic oxidation sites excluding steroid dienone is 4. The van der Waals surface area contributed by atoms with E-state index in [9.17, 15) is 0 Å². The van der Waals surface area contributed by atoms with Crippen LogP contribution < -0.4 is 0 Å². The van der Waals surface area contributed by atoms with Crippen LogP contribution in [0.1, 0.15) is 26.2 Å². The number of hydrogen-bond acceptors (Lipinski definition) is 3. The summed E-state index contributed by atoms with van der Waals surface area (Å²) >= 11 is 0. The fraction of sp³-hybridized carbons (Fsp3) is 0.579. The topological polar surface area (TPSA) is 15.7 Å². The Morgan fingerprint density at radius 1 is 1.45 bits per heavy atom. The van der Waals surface area contributed by atoms with Crippen molar-refractivity contribution in [2.75, 3.05) is 32.8 Å². The molecular weight excluding hydrogens is 272 g/mol. The predicted molar refractivity (Wildman–Crippen MR) is 91.4 cm³/mol. The first-order valence-corrected chi connectivity index (χ1v) is 8.55. The monoisotopic (exact) mass is 300 g/mol. The molecule has 3 aliphatic rings. The normalized spacial score (nSPS) is 26.1. The molecule has 0 aromatic heterocycles. The van der Waals surface area contributed by atoms with Crippen LogP contribution in [-0.2, 0) is 4.74 Å². The second kappa shape index (κ2) is 7.19. The molecule has 1 saturated heterocycles. The Kier molecular flexibility index (Phi) is 5.04. The van der Waals surface area contributed by atoms with E-state index in [0.29, 0.717) is 6.10 Å². The fourth-order valence-electron chi connectivity index (χ4n) is 3.15. The zero-order chi connectivity index (χ0) is 15.4. The Hall–Kier alpha value is -1.48. The van der Waals surface area contributed by atoms with E-state index in [4.69, 9.17) is 4.74 Å². The lowest BCUT2D eigenvalue weighted by Gasteiger charge is -2.44. The molecule has 0 aromatic carbocycles. The van der Waals surface area contributed by atoms with E-state index in [1.165, 1.54) is 18.7 Å². The van der Waals surface area contributed by atoms with Gasteiger partial charge >= 0.3 is 0 Å². The molecule has 0 bridgehead atoms. The van der Waals surface area contributed by atoms with Crippen molar-refractivity contribution in [3.63, 3.8) is 0 Å². The quantitative estimate of drug-likeness (QED) is 0.530. The highest BCUT2D eigenvalue weighted by Gasteiger charge is 2.27. The van der Waals surface area contributed by atoms with Crippen molar-refractivity contribution in [3.8, 4) is 0 Å². The lowest BCUT2D eigenvalue weighted by atomic mass is 10.1. The SMILES string of the molecule is C=C/C=C/C/C(=C\C1CC1)CN1CC=C1N1CCOC(C)C1. The highest BCUT2D eigenvalue weighted by atomic mass is 16.5. The van der Waals surface area contributed by atoms with Gasteiger partial charge in [-0.1, -0.05) is 36.5 Å². The van der Waals surface area contributed by atoms with E-state index in [1.54, 1.807) is 5.57 Å². The van der Waals surface area contributed by atoms with Crippen molar-refractivity contribution in [1.29, 1.82) is 0 Å². The Balaban J connectivity index is 1.57. The Morgan fingerprint density at radius 3 is 2.95 bits per heavy atom. The molecule has 3 nitrogen and oxygen atoms in total. The van der Waals surface area contributed by atoms with Crippen molar-refractivity contribution in [2.24, 2.45) is 5.92 Å². The van der Waals surface area contributed by atoms with Crippen LogP contribution in [0, 0.1) is 5.92 Å². The molecule has 0 amide bonds. The van der Waals surface area contributed by atoms with Crippen LogP contribution in [-0.4, -0.2) is 48.7 Å². The number of nitrogens with zero attached hydrogens (tertiary/aromatic N) is 2. The molecule has 1 unspecified atom stereocenters. The van der Waals surface area contributed by atoms with Crippen molar-refractivity contribution in [3.05, 3.63) is 48.4 Å². The standard InChI is InChI=1S/C19H28N2O/c1-3-4-5-6-18(13-17-7-8-17)15-20-10-9-19(20)21-11-12-22-16(2)14-21/h3-5,9,13,16-17H,1,6-8,10-12,14-15H2,2H3/b5-4+,18-13+. The number of morpholine rings is 1. The maximum absolute atomic E-state index is 5.65. The van der Waals surface area contributed by atoms with E-state index in [-0.39, 0.29) is 0 Å². The summed E-state index contributed by atoms with van der Waals surface area (Å²) in [5, 5.41) is 0. The molecule has 3 heteroatoms. The summed E-state index contributed by atoms with van der Waals surface area (Å²) in [5.41, 5.74) is 1.55. The van der Waals surface area contributed by atoms with Gasteiger partial charge in [0.05, 0.1) is 12.7 Å². The van der Waals surface area contributed by atoms with Gasteiger partial charge in [0, 0.05) is 26.2 Å². The van der Waals surface area contributed by atoms with Crippen molar-refractivity contribution < 1.29 is 4.74 Å². The average Bonchev–Trinajstić information content (AvgIpc) is 3.27. The average molecular weight is 300 g/mol. The molecule has 0 radical (unpaired) electrons. The summed E-state index contributed by atoms with van der Waals surface area (Å²) < 4.78 is 5.65. The molecule has 1 aliphatic carbocycles. The molecule has 2 heterocycles. The van der Waals surface area contributed by atoms with Gasteiger partial charge in [0.25, 0.3) is 0 Å². The largest absolute Gasteiger partial charge is 0.375 e. The van der Waals surface area contributed by atoms with E-state index < -0.39 is 0 Å². The smallest absolute Gasteiger partial charge is 0.102 e. The zero-order valence-electron chi connectivity index (χ0n) is 13.7. The lowest BCUT2D eigenvalue weighted by Crippen LogP contribution is -2.49. The van der Waals surface area contributed by atoms with Gasteiger partial charge in [0.2, 0.25) is 0 Å². The molecule has 22 heavy (non-hydrogen) atoms. The van der Waals surface area contributed by atoms with E-state index in [0.717, 1.165) is 45.1 Å². The summed E-state index contributed by atoms with van der Waals surface area (Å²) in [6.45, 7) is 10.9. The van der Waals surface area contributed by atoms with Crippen LogP contribution in [0.4, 0.5) is 0 Å². The highest BCUT2D eigenvalue weighted by molar-refractivity contribution is 5.21. The maximum atomic E-state index is 5.65. The van der Waals surface area contributed by atoms with Crippen LogP contribution in [0.2, 0.25) is 0 Å². The number of rotatable bonds is 7. The molecule has 3 rings (SSSR count). The van der Waals surface area contributed by atoms with Crippen LogP contribution >= 0.6 is 0 Å². The Bertz CT molecular complexity index is 488. The minimum absolute atomic E-state index is 0.342. The summed E-state index contributed by atoms with van der Waals surface area (Å²) in [4.78, 5) is 4.99. The second-order valence-corrected chi connectivity index (χ2v) is 6.60. The molecule has 0 aromatic rings. The predicted octanol–water partition coefficient (Wildman–Crippen LogP) is 3.33. The molecule has 1 atom stereocenters. The van der Waals surface area contributed by atoms with Crippen molar-refractivity contribution in [1.82, 2.24) is 9.80 Å². The van der Waals surface area contributed by atoms with Crippen molar-refractivity contribution >= 4 is 0 Å². The minimum Gasteiger partial charge on any atom is -0.375 e. The number of ether oxygens (including phenoxy) is 1. The van der Waals surface area contributed by atoms with E-state index in [2.05, 4.69) is 47.6 Å². The summed E-state index contributed by atoms with van der Waals surface area (Å²) in [6, 6.07) is 0. The third-order valence-electron chi connectivity index (χ3n) is 4.52. The van der Waals surface area contributed by atoms with Gasteiger partial charge in [-0.15, -0.1) is 0 Å². The van der Waals surface area contributed by atoms with Gasteiger partial charge in [-0.3, -0.25) is 0 Å². The van der Waals surface area contributed by atoms with Gasteiger partial charge < -0.3 is 14.5 Å². The van der Waals surface area contributed by atoms with Gasteiger partial charge in [-0.25, -0.2) is 0 Å². The first-order chi connectivity index (χ1) is 10.8. The molecular formula is C19H28N2O. The number of hydrogen-bond donors (Lipinski definition) is 0. The van der Waals surface area contributed by atoms with Gasteiger partial charge in [-0.05, 0) is 38.2 Å². The third-order valence-corrected chi connectivity index (χ3v) is 4.52. The van der Waals surface area contributed by atoms with Crippen LogP contribution in [0.3, 0.4) is 0 Å². The van der Waals surface area contributed by atoms with Gasteiger partial charge in [0.15, 0.2) is 0 Å². The molecule has 2 fully saturated rings. The minimum atomic E-state index is 0.342. The second-order valence-electron chi connectivity index (χ2n) is 6.60. The molecule has 0 spiro atoms. The zero-order valence-corrected chi connectivity index (χ0v) is 13.7. The van der Waals surface area contributed by atoms with E-state index >= 15 is 0 Å². The highest BCUT2D eigenvalue weighted by Crippen LogP contribution is 2.33. The van der Waals surface area contributed by atoms with Crippen molar-refractivity contribution in [2.45, 2.75) is 32.3 Å². The first-order valence-electron chi connectivity index (χ1n) is 8.55. The van der Waals surface area contributed by atoms with Crippen LogP contribution in [0.5, 0.6) is 0 Å². The Labute approximate surface area is 134 Å². The fourth-order valence-corrected chi connectivity index (χ4v) is 3.15.